The number of nitrogens with two attached hydrogens (primary N) is 1. The summed E-state index contributed by atoms with van der Waals surface area (Å²) in [6.45, 7) is 0. The molecule has 9 heteroatoms. The van der Waals surface area contributed by atoms with Gasteiger partial charge in [0.25, 0.3) is 0 Å². The van der Waals surface area contributed by atoms with E-state index in [9.17, 15) is 13.6 Å². The lowest BCUT2D eigenvalue weighted by Crippen LogP contribution is -2.22. The lowest BCUT2D eigenvalue weighted by molar-refractivity contribution is 0.254. The van der Waals surface area contributed by atoms with Crippen LogP contribution >= 0.6 is 23.5 Å². The van der Waals surface area contributed by atoms with Crippen LogP contribution in [0.15, 0.2) is 29.6 Å². The van der Waals surface area contributed by atoms with E-state index in [2.05, 4.69) is 9.71 Å². The highest BCUT2D eigenvalue weighted by Gasteiger charge is 2.14. The quantitative estimate of drug-likeness (QED) is 0.856. The molecule has 0 unspecified atom stereocenters. The summed E-state index contributed by atoms with van der Waals surface area (Å²) in [6, 6.07) is 1.32. The Labute approximate surface area is 115 Å². The molecule has 5 nitrogen and oxygen atoms in total. The van der Waals surface area contributed by atoms with Crippen LogP contribution in [-0.2, 0) is 0 Å². The molecule has 2 amide bonds. The predicted octanol–water partition coefficient (Wildman–Crippen LogP) is 2.48. The third kappa shape index (κ3) is 3.15. The van der Waals surface area contributed by atoms with E-state index in [-0.39, 0.29) is 15.7 Å². The average molecular weight is 305 g/mol. The molecule has 0 atom stereocenters. The molecule has 0 aliphatic carbocycles. The maximum absolute atomic E-state index is 13.8. The first-order chi connectivity index (χ1) is 8.97. The van der Waals surface area contributed by atoms with Gasteiger partial charge in [0.05, 0.1) is 0 Å². The lowest BCUT2D eigenvalue weighted by Gasteiger charge is -2.08. The minimum Gasteiger partial charge on any atom is -0.351 e. The Morgan fingerprint density at radius 1 is 1.42 bits per heavy atom. The number of primary amides is 1. The van der Waals surface area contributed by atoms with Crippen molar-refractivity contribution in [2.75, 3.05) is 0 Å². The maximum atomic E-state index is 13.8. The van der Waals surface area contributed by atoms with Crippen LogP contribution < -0.4 is 10.5 Å². The molecule has 100 valence electrons. The molecular weight excluding hydrogens is 298 g/mol. The van der Waals surface area contributed by atoms with Gasteiger partial charge in [-0.1, -0.05) is 11.6 Å². The summed E-state index contributed by atoms with van der Waals surface area (Å²) in [5.74, 6) is -1.63. The van der Waals surface area contributed by atoms with E-state index < -0.39 is 17.7 Å². The van der Waals surface area contributed by atoms with Crippen molar-refractivity contribution >= 4 is 29.6 Å². The highest BCUT2D eigenvalue weighted by atomic mass is 35.5. The normalized spacial score (nSPS) is 10.5. The number of nitrogens with one attached hydrogen (secondary N) is 1. The second-order valence-electron chi connectivity index (χ2n) is 3.41. The number of amides is 2. The van der Waals surface area contributed by atoms with E-state index in [0.717, 1.165) is 16.7 Å². The topological polar surface area (TPSA) is 72.9 Å². The largest absolute Gasteiger partial charge is 0.351 e. The van der Waals surface area contributed by atoms with Crippen molar-refractivity contribution < 1.29 is 13.6 Å². The van der Waals surface area contributed by atoms with E-state index in [1.165, 1.54) is 12.5 Å². The molecule has 3 N–H and O–H groups in total. The number of nitrogens with zero attached hydrogens (tertiary/aromatic N) is 2. The van der Waals surface area contributed by atoms with Gasteiger partial charge in [-0.25, -0.2) is 18.6 Å². The Kier molecular flexibility index (Phi) is 3.91. The summed E-state index contributed by atoms with van der Waals surface area (Å²) in [6.07, 6.45) is 2.47. The van der Waals surface area contributed by atoms with Crippen molar-refractivity contribution in [1.29, 1.82) is 0 Å². The Morgan fingerprint density at radius 2 is 2.05 bits per heavy atom. The molecule has 0 spiro atoms. The minimum absolute atomic E-state index is 0.118. The fraction of sp³-hybridized carbons (Fsp3) is 0. The van der Waals surface area contributed by atoms with Crippen molar-refractivity contribution in [2.45, 2.75) is 4.90 Å². The standard InChI is InChI=1S/C10H7ClF2N4OS/c11-8-3-17(4-15-8)9-6(12)1-5(2-7(9)13)19-16-10(14)18/h1-4H,(H3,14,16,18). The second kappa shape index (κ2) is 5.45. The van der Waals surface area contributed by atoms with E-state index >= 15 is 0 Å². The summed E-state index contributed by atoms with van der Waals surface area (Å²) in [7, 11) is 0. The van der Waals surface area contributed by atoms with Crippen molar-refractivity contribution in [3.8, 4) is 5.69 Å². The number of aromatic nitrogens is 2. The molecule has 0 saturated heterocycles. The van der Waals surface area contributed by atoms with E-state index in [4.69, 9.17) is 17.3 Å². The van der Waals surface area contributed by atoms with Crippen LogP contribution in [0.4, 0.5) is 13.6 Å². The van der Waals surface area contributed by atoms with Crippen molar-refractivity contribution in [3.05, 3.63) is 41.4 Å². The van der Waals surface area contributed by atoms with Crippen LogP contribution in [0.2, 0.25) is 5.15 Å². The molecule has 1 heterocycles. The summed E-state index contributed by atoms with van der Waals surface area (Å²) in [5.41, 5.74) is 4.55. The van der Waals surface area contributed by atoms with Crippen molar-refractivity contribution in [3.63, 3.8) is 0 Å². The van der Waals surface area contributed by atoms with Crippen LogP contribution in [0.5, 0.6) is 0 Å². The molecule has 2 aromatic rings. The Bertz CT molecular complexity index is 611. The maximum Gasteiger partial charge on any atom is 0.322 e. The van der Waals surface area contributed by atoms with Crippen LogP contribution in [0.25, 0.3) is 5.69 Å². The zero-order chi connectivity index (χ0) is 14.0. The first-order valence-corrected chi connectivity index (χ1v) is 6.08. The highest BCUT2D eigenvalue weighted by molar-refractivity contribution is 7.98. The Balaban J connectivity index is 2.34. The number of rotatable bonds is 3. The molecule has 1 aromatic carbocycles. The number of imidazole rings is 1. The molecule has 2 rings (SSSR count). The van der Waals surface area contributed by atoms with Crippen molar-refractivity contribution in [1.82, 2.24) is 14.3 Å². The van der Waals surface area contributed by atoms with Gasteiger partial charge in [-0.3, -0.25) is 9.29 Å². The number of benzene rings is 1. The SMILES string of the molecule is NC(=O)NSc1cc(F)c(-n2cnc(Cl)c2)c(F)c1. The van der Waals surface area contributed by atoms with Gasteiger partial charge in [0.15, 0.2) is 11.6 Å². The van der Waals surface area contributed by atoms with Gasteiger partial charge < -0.3 is 5.73 Å². The number of urea groups is 1. The molecular formula is C10H7ClF2N4OS. The Hall–Kier alpha value is -1.80. The zero-order valence-corrected chi connectivity index (χ0v) is 10.8. The van der Waals surface area contributed by atoms with Gasteiger partial charge in [0.1, 0.15) is 17.2 Å². The monoisotopic (exact) mass is 304 g/mol. The molecule has 0 saturated carbocycles. The minimum atomic E-state index is -0.817. The number of hydrogen-bond donors (Lipinski definition) is 2. The third-order valence-electron chi connectivity index (χ3n) is 2.07. The van der Waals surface area contributed by atoms with Crippen molar-refractivity contribution in [2.24, 2.45) is 5.73 Å². The fourth-order valence-corrected chi connectivity index (χ4v) is 2.07. The van der Waals surface area contributed by atoms with E-state index in [1.54, 1.807) is 0 Å². The molecule has 0 fully saturated rings. The van der Waals surface area contributed by atoms with Gasteiger partial charge in [0.2, 0.25) is 0 Å². The van der Waals surface area contributed by atoms with Crippen LogP contribution in [0.1, 0.15) is 0 Å². The van der Waals surface area contributed by atoms with Crippen LogP contribution in [-0.4, -0.2) is 15.6 Å². The van der Waals surface area contributed by atoms with Gasteiger partial charge in [0, 0.05) is 11.1 Å². The molecule has 19 heavy (non-hydrogen) atoms. The van der Waals surface area contributed by atoms with Crippen LogP contribution in [0, 0.1) is 11.6 Å². The van der Waals surface area contributed by atoms with Crippen LogP contribution in [0.3, 0.4) is 0 Å². The molecule has 1 aromatic heterocycles. The molecule has 0 aliphatic heterocycles. The Morgan fingerprint density at radius 3 is 2.53 bits per heavy atom. The third-order valence-corrected chi connectivity index (χ3v) is 3.04. The number of carbonyl (C=O) groups is 1. The molecule has 0 bridgehead atoms. The molecule has 0 radical (unpaired) electrons. The molecule has 0 aliphatic rings. The first kappa shape index (κ1) is 13.6. The summed E-state index contributed by atoms with van der Waals surface area (Å²) in [5, 5.41) is 0.118. The smallest absolute Gasteiger partial charge is 0.322 e. The van der Waals surface area contributed by atoms with Gasteiger partial charge >= 0.3 is 6.03 Å². The number of halogens is 3. The highest BCUT2D eigenvalue weighted by Crippen LogP contribution is 2.25. The second-order valence-corrected chi connectivity index (χ2v) is 4.67. The first-order valence-electron chi connectivity index (χ1n) is 4.88. The fourth-order valence-electron chi connectivity index (χ4n) is 1.38. The summed E-state index contributed by atoms with van der Waals surface area (Å²) in [4.78, 5) is 14.4. The summed E-state index contributed by atoms with van der Waals surface area (Å²) >= 11 is 6.30. The predicted molar refractivity (Wildman–Crippen MR) is 67.1 cm³/mol. The lowest BCUT2D eigenvalue weighted by atomic mass is 10.3. The van der Waals surface area contributed by atoms with Gasteiger partial charge in [-0.2, -0.15) is 0 Å². The zero-order valence-electron chi connectivity index (χ0n) is 9.23. The number of carbonyl (C=O) groups excluding carboxylic acids is 1. The summed E-state index contributed by atoms with van der Waals surface area (Å²) < 4.78 is 31.0. The number of hydrogen-bond acceptors (Lipinski definition) is 3. The van der Waals surface area contributed by atoms with Gasteiger partial charge in [-0.15, -0.1) is 0 Å². The average Bonchev–Trinajstić information content (AvgIpc) is 2.72. The van der Waals surface area contributed by atoms with E-state index in [1.807, 2.05) is 0 Å². The van der Waals surface area contributed by atoms with Gasteiger partial charge in [-0.05, 0) is 24.1 Å². The van der Waals surface area contributed by atoms with E-state index in [0.29, 0.717) is 11.9 Å².